The number of benzene rings is 1. The van der Waals surface area contributed by atoms with E-state index in [-0.39, 0.29) is 17.4 Å². The van der Waals surface area contributed by atoms with E-state index in [2.05, 4.69) is 43.5 Å². The Morgan fingerprint density at radius 3 is 2.62 bits per heavy atom. The first kappa shape index (κ1) is 16.0. The molecule has 21 heavy (non-hydrogen) atoms. The van der Waals surface area contributed by atoms with Crippen LogP contribution < -0.4 is 10.6 Å². The van der Waals surface area contributed by atoms with Gasteiger partial charge in [-0.2, -0.15) is 0 Å². The molecule has 3 heteroatoms. The van der Waals surface area contributed by atoms with Gasteiger partial charge in [-0.3, -0.25) is 4.79 Å². The lowest BCUT2D eigenvalue weighted by molar-refractivity contribution is -0.133. The summed E-state index contributed by atoms with van der Waals surface area (Å²) in [5.41, 5.74) is 2.28. The van der Waals surface area contributed by atoms with Gasteiger partial charge in [-0.15, -0.1) is 0 Å². The Balaban J connectivity index is 2.10. The van der Waals surface area contributed by atoms with Crippen molar-refractivity contribution < 1.29 is 4.79 Å². The van der Waals surface area contributed by atoms with Crippen LogP contribution in [0.25, 0.3) is 0 Å². The van der Waals surface area contributed by atoms with Crippen LogP contribution in [-0.2, 0) is 4.79 Å². The molecule has 0 saturated carbocycles. The number of carbonyl (C=O) groups is 1. The molecule has 0 spiro atoms. The van der Waals surface area contributed by atoms with E-state index < -0.39 is 0 Å². The Morgan fingerprint density at radius 1 is 1.33 bits per heavy atom. The molecule has 0 radical (unpaired) electrons. The van der Waals surface area contributed by atoms with Crippen LogP contribution >= 0.6 is 0 Å². The quantitative estimate of drug-likeness (QED) is 0.872. The van der Waals surface area contributed by atoms with Gasteiger partial charge in [0.1, 0.15) is 0 Å². The summed E-state index contributed by atoms with van der Waals surface area (Å²) in [4.78, 5) is 12.9. The van der Waals surface area contributed by atoms with Gasteiger partial charge in [0.25, 0.3) is 0 Å². The Labute approximate surface area is 128 Å². The maximum Gasteiger partial charge on any atom is 0.226 e. The molecule has 1 heterocycles. The van der Waals surface area contributed by atoms with Gasteiger partial charge in [0.2, 0.25) is 5.91 Å². The maximum absolute atomic E-state index is 12.9. The molecule has 1 atom stereocenters. The minimum Gasteiger partial charge on any atom is -0.349 e. The second-order valence-corrected chi connectivity index (χ2v) is 6.33. The zero-order valence-corrected chi connectivity index (χ0v) is 13.5. The van der Waals surface area contributed by atoms with Gasteiger partial charge in [-0.1, -0.05) is 37.6 Å². The third kappa shape index (κ3) is 3.65. The van der Waals surface area contributed by atoms with Gasteiger partial charge in [-0.25, -0.2) is 0 Å². The van der Waals surface area contributed by atoms with E-state index in [0.29, 0.717) is 0 Å². The van der Waals surface area contributed by atoms with Crippen LogP contribution in [0, 0.1) is 12.3 Å². The first-order chi connectivity index (χ1) is 10.1. The normalized spacial score (nSPS) is 19.0. The van der Waals surface area contributed by atoms with Crippen molar-refractivity contribution in [2.75, 3.05) is 13.1 Å². The van der Waals surface area contributed by atoms with Gasteiger partial charge in [0.05, 0.1) is 11.5 Å². The predicted molar refractivity (Wildman–Crippen MR) is 87.2 cm³/mol. The minimum atomic E-state index is -0.170. The summed E-state index contributed by atoms with van der Waals surface area (Å²) in [6.45, 7) is 8.26. The molecule has 1 saturated heterocycles. The van der Waals surface area contributed by atoms with Crippen molar-refractivity contribution >= 4 is 5.91 Å². The molecule has 116 valence electrons. The molecular formula is C18H28N2O. The van der Waals surface area contributed by atoms with Crippen LogP contribution in [0.15, 0.2) is 24.3 Å². The maximum atomic E-state index is 12.9. The number of hydrogen-bond donors (Lipinski definition) is 2. The lowest BCUT2D eigenvalue weighted by Gasteiger charge is -2.37. The molecule has 0 aliphatic carbocycles. The molecule has 0 aromatic heterocycles. The van der Waals surface area contributed by atoms with Crippen LogP contribution in [-0.4, -0.2) is 19.0 Å². The standard InChI is InChI=1S/C18H28N2O/c1-4-9-18(10-12-19-13-11-18)17(21)20-15(3)16-8-6-5-7-14(16)2/h5-8,15,19H,4,9-13H2,1-3H3,(H,20,21). The average molecular weight is 288 g/mol. The molecule has 1 aromatic carbocycles. The molecule has 1 aliphatic heterocycles. The van der Waals surface area contributed by atoms with Crippen molar-refractivity contribution in [3.63, 3.8) is 0 Å². The molecule has 1 fully saturated rings. The highest BCUT2D eigenvalue weighted by atomic mass is 16.2. The number of carbonyl (C=O) groups excluding carboxylic acids is 1. The summed E-state index contributed by atoms with van der Waals surface area (Å²) in [5, 5.41) is 6.63. The fourth-order valence-corrected chi connectivity index (χ4v) is 3.47. The molecule has 1 aromatic rings. The first-order valence-electron chi connectivity index (χ1n) is 8.16. The van der Waals surface area contributed by atoms with E-state index in [4.69, 9.17) is 0 Å². The molecule has 2 N–H and O–H groups in total. The number of aryl methyl sites for hydroxylation is 1. The number of piperidine rings is 1. The Morgan fingerprint density at radius 2 is 2.00 bits per heavy atom. The zero-order chi connectivity index (χ0) is 15.3. The van der Waals surface area contributed by atoms with E-state index in [1.165, 1.54) is 11.1 Å². The minimum absolute atomic E-state index is 0.0716. The van der Waals surface area contributed by atoms with Gasteiger partial charge in [0.15, 0.2) is 0 Å². The van der Waals surface area contributed by atoms with Crippen LogP contribution in [0.4, 0.5) is 0 Å². The summed E-state index contributed by atoms with van der Waals surface area (Å²) in [6, 6.07) is 8.36. The number of amides is 1. The van der Waals surface area contributed by atoms with E-state index in [0.717, 1.165) is 38.8 Å². The first-order valence-corrected chi connectivity index (χ1v) is 8.16. The van der Waals surface area contributed by atoms with Crippen molar-refractivity contribution in [3.05, 3.63) is 35.4 Å². The van der Waals surface area contributed by atoms with Crippen molar-refractivity contribution in [2.45, 2.75) is 52.5 Å². The summed E-state index contributed by atoms with van der Waals surface area (Å²) in [6.07, 6.45) is 3.95. The van der Waals surface area contributed by atoms with E-state index in [1.807, 2.05) is 12.1 Å². The molecule has 1 aliphatic rings. The van der Waals surface area contributed by atoms with E-state index >= 15 is 0 Å². The van der Waals surface area contributed by atoms with Gasteiger partial charge < -0.3 is 10.6 Å². The van der Waals surface area contributed by atoms with Crippen molar-refractivity contribution in [3.8, 4) is 0 Å². The summed E-state index contributed by atoms with van der Waals surface area (Å²) in [7, 11) is 0. The largest absolute Gasteiger partial charge is 0.349 e. The Hall–Kier alpha value is -1.35. The molecule has 0 bridgehead atoms. The van der Waals surface area contributed by atoms with Crippen LogP contribution in [0.5, 0.6) is 0 Å². The molecule has 1 amide bonds. The molecule has 1 unspecified atom stereocenters. The Bertz CT molecular complexity index is 472. The second kappa shape index (κ2) is 7.08. The average Bonchev–Trinajstić information content (AvgIpc) is 2.48. The number of hydrogen-bond acceptors (Lipinski definition) is 2. The lowest BCUT2D eigenvalue weighted by atomic mass is 9.74. The van der Waals surface area contributed by atoms with Crippen molar-refractivity contribution in [2.24, 2.45) is 5.41 Å². The highest BCUT2D eigenvalue weighted by molar-refractivity contribution is 5.83. The number of nitrogens with one attached hydrogen (secondary N) is 2. The monoisotopic (exact) mass is 288 g/mol. The van der Waals surface area contributed by atoms with E-state index in [1.54, 1.807) is 0 Å². The van der Waals surface area contributed by atoms with Crippen LogP contribution in [0.3, 0.4) is 0 Å². The smallest absolute Gasteiger partial charge is 0.226 e. The highest BCUT2D eigenvalue weighted by Gasteiger charge is 2.39. The van der Waals surface area contributed by atoms with Crippen molar-refractivity contribution in [1.82, 2.24) is 10.6 Å². The van der Waals surface area contributed by atoms with Gasteiger partial charge in [0, 0.05) is 0 Å². The highest BCUT2D eigenvalue weighted by Crippen LogP contribution is 2.35. The lowest BCUT2D eigenvalue weighted by Crippen LogP contribution is -2.48. The third-order valence-electron chi connectivity index (χ3n) is 4.77. The Kier molecular flexibility index (Phi) is 5.40. The predicted octanol–water partition coefficient (Wildman–Crippen LogP) is 3.34. The van der Waals surface area contributed by atoms with Crippen LogP contribution in [0.1, 0.15) is 56.7 Å². The van der Waals surface area contributed by atoms with Crippen LogP contribution in [0.2, 0.25) is 0 Å². The fourth-order valence-electron chi connectivity index (χ4n) is 3.47. The van der Waals surface area contributed by atoms with Gasteiger partial charge in [-0.05, 0) is 57.3 Å². The summed E-state index contributed by atoms with van der Waals surface area (Å²) in [5.74, 6) is 0.238. The zero-order valence-electron chi connectivity index (χ0n) is 13.5. The topological polar surface area (TPSA) is 41.1 Å². The second-order valence-electron chi connectivity index (χ2n) is 6.33. The SMILES string of the molecule is CCCC1(C(=O)NC(C)c2ccccc2C)CCNCC1. The van der Waals surface area contributed by atoms with Crippen molar-refractivity contribution in [1.29, 1.82) is 0 Å². The molecule has 2 rings (SSSR count). The fraction of sp³-hybridized carbons (Fsp3) is 0.611. The number of rotatable bonds is 5. The summed E-state index contributed by atoms with van der Waals surface area (Å²) >= 11 is 0. The molecular weight excluding hydrogens is 260 g/mol. The molecule has 3 nitrogen and oxygen atoms in total. The summed E-state index contributed by atoms with van der Waals surface area (Å²) < 4.78 is 0. The van der Waals surface area contributed by atoms with Gasteiger partial charge >= 0.3 is 0 Å². The third-order valence-corrected chi connectivity index (χ3v) is 4.77. The van der Waals surface area contributed by atoms with E-state index in [9.17, 15) is 4.79 Å².